The summed E-state index contributed by atoms with van der Waals surface area (Å²) < 4.78 is 43.6. The Bertz CT molecular complexity index is 1070. The van der Waals surface area contributed by atoms with E-state index in [9.17, 15) is 18.3 Å². The first-order chi connectivity index (χ1) is 14.3. The highest BCUT2D eigenvalue weighted by Crippen LogP contribution is 2.34. The molecule has 1 aliphatic rings. The minimum Gasteiger partial charge on any atom is -0.392 e. The van der Waals surface area contributed by atoms with Crippen LogP contribution in [0.25, 0.3) is 11.4 Å². The van der Waals surface area contributed by atoms with Crippen LogP contribution in [0.2, 0.25) is 0 Å². The van der Waals surface area contributed by atoms with Crippen LogP contribution in [0, 0.1) is 11.3 Å². The number of β-amino-alcohol motifs (C(OH)–C–C–N with tert-alkyl or cyclic N) is 1. The van der Waals surface area contributed by atoms with Crippen molar-refractivity contribution < 1.29 is 22.8 Å². The normalized spacial score (nSPS) is 19.7. The maximum atomic E-state index is 12.7. The van der Waals surface area contributed by atoms with E-state index in [2.05, 4.69) is 16.2 Å². The number of hydrogen-bond donors (Lipinski definition) is 1. The zero-order valence-corrected chi connectivity index (χ0v) is 15.7. The zero-order chi connectivity index (χ0) is 21.3. The van der Waals surface area contributed by atoms with Crippen molar-refractivity contribution in [1.82, 2.24) is 15.0 Å². The van der Waals surface area contributed by atoms with Crippen molar-refractivity contribution in [3.63, 3.8) is 0 Å². The summed E-state index contributed by atoms with van der Waals surface area (Å²) in [4.78, 5) is 6.33. The molecule has 0 bridgehead atoms. The fourth-order valence-electron chi connectivity index (χ4n) is 3.58. The molecule has 30 heavy (non-hydrogen) atoms. The Morgan fingerprint density at radius 1 is 1.20 bits per heavy atom. The van der Waals surface area contributed by atoms with Crippen LogP contribution < -0.4 is 0 Å². The van der Waals surface area contributed by atoms with Gasteiger partial charge in [-0.1, -0.05) is 29.4 Å². The van der Waals surface area contributed by atoms with E-state index in [-0.39, 0.29) is 17.8 Å². The van der Waals surface area contributed by atoms with Crippen LogP contribution in [0.15, 0.2) is 53.1 Å². The van der Waals surface area contributed by atoms with Crippen molar-refractivity contribution in [1.29, 1.82) is 5.26 Å². The van der Waals surface area contributed by atoms with E-state index in [4.69, 9.17) is 9.78 Å². The summed E-state index contributed by atoms with van der Waals surface area (Å²) >= 11 is 0. The summed E-state index contributed by atoms with van der Waals surface area (Å²) in [5, 5.41) is 23.1. The number of nitrogens with zero attached hydrogens (tertiary/aromatic N) is 4. The van der Waals surface area contributed by atoms with Crippen LogP contribution in [0.1, 0.15) is 35.0 Å². The Balaban J connectivity index is 1.54. The molecule has 0 aliphatic carbocycles. The highest BCUT2D eigenvalue weighted by molar-refractivity contribution is 5.55. The minimum absolute atomic E-state index is 0.187. The van der Waals surface area contributed by atoms with Crippen molar-refractivity contribution in [3.8, 4) is 17.5 Å². The Hall–Kier alpha value is -3.22. The van der Waals surface area contributed by atoms with Gasteiger partial charge in [0.15, 0.2) is 0 Å². The number of benzene rings is 2. The molecule has 1 saturated heterocycles. The highest BCUT2D eigenvalue weighted by atomic mass is 19.4. The van der Waals surface area contributed by atoms with Crippen LogP contribution >= 0.6 is 0 Å². The van der Waals surface area contributed by atoms with E-state index in [1.165, 1.54) is 12.1 Å². The molecule has 0 saturated carbocycles. The first kappa shape index (κ1) is 20.1. The summed E-state index contributed by atoms with van der Waals surface area (Å²) in [6.45, 7) is 0.884. The van der Waals surface area contributed by atoms with Gasteiger partial charge in [0.05, 0.1) is 29.3 Å². The number of aliphatic hydroxyl groups excluding tert-OH is 1. The molecule has 2 atom stereocenters. The smallest absolute Gasteiger partial charge is 0.392 e. The summed E-state index contributed by atoms with van der Waals surface area (Å²) in [6.07, 6.45) is -4.59. The molecule has 4 rings (SSSR count). The van der Waals surface area contributed by atoms with Crippen molar-refractivity contribution in [2.24, 2.45) is 0 Å². The van der Waals surface area contributed by atoms with Crippen LogP contribution in [-0.4, -0.2) is 32.8 Å². The topological polar surface area (TPSA) is 86.2 Å². The highest BCUT2D eigenvalue weighted by Gasteiger charge is 2.36. The number of nitriles is 1. The fourth-order valence-corrected chi connectivity index (χ4v) is 3.58. The first-order valence-electron chi connectivity index (χ1n) is 9.26. The Morgan fingerprint density at radius 3 is 2.67 bits per heavy atom. The lowest BCUT2D eigenvalue weighted by molar-refractivity contribution is -0.137. The lowest BCUT2D eigenvalue weighted by atomic mass is 10.1. The summed E-state index contributed by atoms with van der Waals surface area (Å²) in [7, 11) is 0. The van der Waals surface area contributed by atoms with Gasteiger partial charge in [-0.25, -0.2) is 0 Å². The van der Waals surface area contributed by atoms with E-state index in [0.29, 0.717) is 30.6 Å². The van der Waals surface area contributed by atoms with E-state index in [1.807, 2.05) is 11.0 Å². The predicted octanol–water partition coefficient (Wildman–Crippen LogP) is 3.93. The molecule has 0 radical (unpaired) electrons. The average molecular weight is 414 g/mol. The largest absolute Gasteiger partial charge is 0.416 e. The third-order valence-corrected chi connectivity index (χ3v) is 5.02. The molecule has 1 aliphatic heterocycles. The van der Waals surface area contributed by atoms with Gasteiger partial charge in [0.1, 0.15) is 0 Å². The van der Waals surface area contributed by atoms with Gasteiger partial charge in [-0.3, -0.25) is 4.90 Å². The molecule has 154 valence electrons. The minimum atomic E-state index is -4.41. The van der Waals surface area contributed by atoms with Crippen molar-refractivity contribution in [3.05, 3.63) is 71.1 Å². The average Bonchev–Trinajstić information content (AvgIpc) is 3.34. The maximum Gasteiger partial charge on any atom is 0.416 e. The standard InChI is InChI=1S/C21H17F3N4O2/c22-21(23,24)16-6-4-15(5-7-16)19-26-20(30-27-19)18-9-17(29)12-28(18)11-14-3-1-2-13(8-14)10-25/h1-8,17-18,29H,9,11-12H2. The van der Waals surface area contributed by atoms with Gasteiger partial charge >= 0.3 is 6.18 Å². The number of aromatic nitrogens is 2. The molecule has 2 aromatic carbocycles. The molecule has 9 heteroatoms. The molecule has 1 N–H and O–H groups in total. The van der Waals surface area contributed by atoms with Crippen molar-refractivity contribution in [2.45, 2.75) is 31.3 Å². The van der Waals surface area contributed by atoms with Gasteiger partial charge < -0.3 is 9.63 Å². The van der Waals surface area contributed by atoms with Gasteiger partial charge in [-0.2, -0.15) is 23.4 Å². The van der Waals surface area contributed by atoms with Crippen LogP contribution in [0.3, 0.4) is 0 Å². The molecule has 1 aromatic heterocycles. The van der Waals surface area contributed by atoms with Crippen LogP contribution in [-0.2, 0) is 12.7 Å². The molecule has 1 fully saturated rings. The van der Waals surface area contributed by atoms with E-state index in [0.717, 1.165) is 17.7 Å². The lowest BCUT2D eigenvalue weighted by Crippen LogP contribution is -2.24. The maximum absolute atomic E-state index is 12.7. The second kappa shape index (κ2) is 7.89. The number of likely N-dealkylation sites (tertiary alicyclic amines) is 1. The third kappa shape index (κ3) is 4.20. The van der Waals surface area contributed by atoms with Crippen LogP contribution in [0.4, 0.5) is 13.2 Å². The zero-order valence-electron chi connectivity index (χ0n) is 15.7. The number of rotatable bonds is 4. The first-order valence-corrected chi connectivity index (χ1v) is 9.26. The quantitative estimate of drug-likeness (QED) is 0.696. The summed E-state index contributed by atoms with van der Waals surface area (Å²) in [6, 6.07) is 13.5. The number of hydrogen-bond acceptors (Lipinski definition) is 6. The van der Waals surface area contributed by atoms with Gasteiger partial charge in [0.25, 0.3) is 0 Å². The molecule has 3 aromatic rings. The Morgan fingerprint density at radius 2 is 1.97 bits per heavy atom. The van der Waals surface area contributed by atoms with E-state index in [1.54, 1.807) is 18.2 Å². The van der Waals surface area contributed by atoms with Crippen LogP contribution in [0.5, 0.6) is 0 Å². The van der Waals surface area contributed by atoms with Gasteiger partial charge in [0, 0.05) is 18.7 Å². The molecular weight excluding hydrogens is 397 g/mol. The van der Waals surface area contributed by atoms with Gasteiger partial charge in [0.2, 0.25) is 11.7 Å². The summed E-state index contributed by atoms with van der Waals surface area (Å²) in [5.74, 6) is 0.476. The third-order valence-electron chi connectivity index (χ3n) is 5.02. The van der Waals surface area contributed by atoms with Crippen molar-refractivity contribution >= 4 is 0 Å². The van der Waals surface area contributed by atoms with Gasteiger partial charge in [-0.05, 0) is 36.2 Å². The summed E-state index contributed by atoms with van der Waals surface area (Å²) in [5.41, 5.74) is 1.12. The molecule has 0 amide bonds. The lowest BCUT2D eigenvalue weighted by Gasteiger charge is -2.21. The van der Waals surface area contributed by atoms with E-state index >= 15 is 0 Å². The van der Waals surface area contributed by atoms with E-state index < -0.39 is 17.8 Å². The molecule has 2 heterocycles. The van der Waals surface area contributed by atoms with Gasteiger partial charge in [-0.15, -0.1) is 0 Å². The second-order valence-electron chi connectivity index (χ2n) is 7.18. The fraction of sp³-hybridized carbons (Fsp3) is 0.286. The molecular formula is C21H17F3N4O2. The molecule has 6 nitrogen and oxygen atoms in total. The van der Waals surface area contributed by atoms with Crippen molar-refractivity contribution in [2.75, 3.05) is 6.54 Å². The Kier molecular flexibility index (Phi) is 5.28. The predicted molar refractivity (Wildman–Crippen MR) is 99.7 cm³/mol. The monoisotopic (exact) mass is 414 g/mol. The SMILES string of the molecule is N#Cc1cccc(CN2CC(O)CC2c2nc(-c3ccc(C(F)(F)F)cc3)no2)c1. The molecule has 0 spiro atoms. The second-order valence-corrected chi connectivity index (χ2v) is 7.18. The Labute approximate surface area is 170 Å². The number of alkyl halides is 3. The number of halogens is 3. The number of aliphatic hydroxyl groups is 1. The molecule has 2 unspecified atom stereocenters.